The maximum atomic E-state index is 12.0. The second-order valence-corrected chi connectivity index (χ2v) is 9.90. The molecule has 1 saturated heterocycles. The minimum absolute atomic E-state index is 0.0336. The molecular formula is C27H25Cl2N5O2. The van der Waals surface area contributed by atoms with E-state index in [0.717, 1.165) is 64.3 Å². The Hall–Kier alpha value is -3.39. The average Bonchev–Trinajstić information content (AvgIpc) is 3.29. The molecule has 4 N–H and O–H groups in total. The standard InChI is InChI=1S/C27H25Cl2N5O2/c1-15(35)8-18-12-31-24-4-2-16(17-10-22(28)27(36)23(29)11-17)9-21(24)26(18)33-20-3-5-25(32-13-20)34-7-6-19(30)14-34/h2-5,9-13,19,36H,6-8,14,30H2,1H3,(H,31,33). The van der Waals surface area contributed by atoms with Gasteiger partial charge in [0.2, 0.25) is 0 Å². The van der Waals surface area contributed by atoms with Crippen LogP contribution in [0.2, 0.25) is 10.0 Å². The quantitative estimate of drug-likeness (QED) is 0.298. The summed E-state index contributed by atoms with van der Waals surface area (Å²) in [6.07, 6.45) is 4.71. The van der Waals surface area contributed by atoms with E-state index < -0.39 is 0 Å². The highest BCUT2D eigenvalue weighted by molar-refractivity contribution is 6.37. The van der Waals surface area contributed by atoms with Crippen molar-refractivity contribution in [3.05, 3.63) is 70.5 Å². The minimum atomic E-state index is -0.150. The second-order valence-electron chi connectivity index (χ2n) is 9.08. The number of nitrogens with zero attached hydrogens (tertiary/aromatic N) is 3. The van der Waals surface area contributed by atoms with Gasteiger partial charge >= 0.3 is 0 Å². The number of phenols is 1. The van der Waals surface area contributed by atoms with Crippen LogP contribution in [0, 0.1) is 0 Å². The third-order valence-corrected chi connectivity index (χ3v) is 6.88. The van der Waals surface area contributed by atoms with Crippen molar-refractivity contribution in [2.45, 2.75) is 25.8 Å². The number of carbonyl (C=O) groups excluding carboxylic acids is 1. The summed E-state index contributed by atoms with van der Waals surface area (Å²) in [7, 11) is 0. The van der Waals surface area contributed by atoms with Crippen LogP contribution in [0.3, 0.4) is 0 Å². The highest BCUT2D eigenvalue weighted by Crippen LogP contribution is 2.38. The van der Waals surface area contributed by atoms with E-state index in [4.69, 9.17) is 28.9 Å². The fourth-order valence-corrected chi connectivity index (χ4v) is 4.97. The van der Waals surface area contributed by atoms with Gasteiger partial charge in [0.1, 0.15) is 11.6 Å². The van der Waals surface area contributed by atoms with Crippen LogP contribution in [0.1, 0.15) is 18.9 Å². The van der Waals surface area contributed by atoms with Crippen LogP contribution >= 0.6 is 23.2 Å². The largest absolute Gasteiger partial charge is 0.505 e. The minimum Gasteiger partial charge on any atom is -0.505 e. The summed E-state index contributed by atoms with van der Waals surface area (Å²) in [5.74, 6) is 0.772. The van der Waals surface area contributed by atoms with E-state index in [-0.39, 0.29) is 34.0 Å². The predicted molar refractivity (Wildman–Crippen MR) is 146 cm³/mol. The van der Waals surface area contributed by atoms with Crippen molar-refractivity contribution >= 4 is 57.1 Å². The Morgan fingerprint density at radius 2 is 1.89 bits per heavy atom. The first-order valence-electron chi connectivity index (χ1n) is 11.6. The molecule has 0 saturated carbocycles. The molecule has 184 valence electrons. The Morgan fingerprint density at radius 1 is 1.11 bits per heavy atom. The molecular weight excluding hydrogens is 497 g/mol. The lowest BCUT2D eigenvalue weighted by Crippen LogP contribution is -2.26. The molecule has 2 aromatic carbocycles. The number of benzene rings is 2. The molecule has 2 aromatic heterocycles. The number of hydrogen-bond donors (Lipinski definition) is 3. The van der Waals surface area contributed by atoms with Crippen molar-refractivity contribution < 1.29 is 9.90 Å². The Balaban J connectivity index is 1.56. The van der Waals surface area contributed by atoms with Gasteiger partial charge in [-0.15, -0.1) is 0 Å². The fourth-order valence-electron chi connectivity index (χ4n) is 4.48. The van der Waals surface area contributed by atoms with Crippen LogP contribution in [-0.4, -0.2) is 40.0 Å². The number of Topliss-reactive ketones (excluding diaryl/α,β-unsaturated/α-hetero) is 1. The monoisotopic (exact) mass is 521 g/mol. The Labute approximate surface area is 218 Å². The van der Waals surface area contributed by atoms with E-state index in [0.29, 0.717) is 0 Å². The van der Waals surface area contributed by atoms with Crippen LogP contribution in [-0.2, 0) is 11.2 Å². The highest BCUT2D eigenvalue weighted by Gasteiger charge is 2.20. The Kier molecular flexibility index (Phi) is 6.71. The lowest BCUT2D eigenvalue weighted by molar-refractivity contribution is -0.116. The van der Waals surface area contributed by atoms with Crippen molar-refractivity contribution in [1.29, 1.82) is 0 Å². The van der Waals surface area contributed by atoms with Gasteiger partial charge in [-0.1, -0.05) is 29.3 Å². The van der Waals surface area contributed by atoms with Gasteiger partial charge in [-0.25, -0.2) is 4.98 Å². The number of anilines is 3. The molecule has 0 aliphatic carbocycles. The number of ketones is 1. The van der Waals surface area contributed by atoms with Crippen LogP contribution < -0.4 is 16.0 Å². The molecule has 36 heavy (non-hydrogen) atoms. The maximum Gasteiger partial charge on any atom is 0.152 e. The number of nitrogens with two attached hydrogens (primary N) is 1. The maximum absolute atomic E-state index is 12.0. The summed E-state index contributed by atoms with van der Waals surface area (Å²) < 4.78 is 0. The number of aromatic hydroxyl groups is 1. The zero-order valence-corrected chi connectivity index (χ0v) is 21.1. The molecule has 0 amide bonds. The lowest BCUT2D eigenvalue weighted by atomic mass is 9.99. The predicted octanol–water partition coefficient (Wildman–Crippen LogP) is 5.72. The molecule has 3 heterocycles. The smallest absolute Gasteiger partial charge is 0.152 e. The lowest BCUT2D eigenvalue weighted by Gasteiger charge is -2.18. The van der Waals surface area contributed by atoms with Crippen molar-refractivity contribution in [2.24, 2.45) is 5.73 Å². The number of halogens is 2. The van der Waals surface area contributed by atoms with Gasteiger partial charge in [0.15, 0.2) is 5.75 Å². The molecule has 0 spiro atoms. The summed E-state index contributed by atoms with van der Waals surface area (Å²) >= 11 is 12.3. The average molecular weight is 522 g/mol. The van der Waals surface area contributed by atoms with E-state index in [2.05, 4.69) is 20.2 Å². The molecule has 9 heteroatoms. The van der Waals surface area contributed by atoms with Crippen LogP contribution in [0.15, 0.2) is 54.9 Å². The molecule has 5 rings (SSSR count). The summed E-state index contributed by atoms with van der Waals surface area (Å²) in [5, 5.41) is 14.6. The first-order valence-corrected chi connectivity index (χ1v) is 12.4. The molecule has 4 aromatic rings. The fraction of sp³-hybridized carbons (Fsp3) is 0.222. The van der Waals surface area contributed by atoms with Gasteiger partial charge in [0.05, 0.1) is 33.1 Å². The molecule has 1 aliphatic heterocycles. The van der Waals surface area contributed by atoms with Crippen LogP contribution in [0.4, 0.5) is 17.2 Å². The summed E-state index contributed by atoms with van der Waals surface area (Å²) in [5.41, 5.74) is 10.8. The highest BCUT2D eigenvalue weighted by atomic mass is 35.5. The van der Waals surface area contributed by atoms with E-state index in [1.54, 1.807) is 31.5 Å². The van der Waals surface area contributed by atoms with Gasteiger partial charge in [-0.05, 0) is 60.9 Å². The first kappa shape index (κ1) is 24.3. The second kappa shape index (κ2) is 9.93. The van der Waals surface area contributed by atoms with Crippen molar-refractivity contribution in [1.82, 2.24) is 9.97 Å². The van der Waals surface area contributed by atoms with Crippen molar-refractivity contribution in [3.63, 3.8) is 0 Å². The Morgan fingerprint density at radius 3 is 2.53 bits per heavy atom. The number of carbonyl (C=O) groups is 1. The van der Waals surface area contributed by atoms with E-state index >= 15 is 0 Å². The molecule has 0 radical (unpaired) electrons. The first-order chi connectivity index (χ1) is 17.3. The number of pyridine rings is 2. The zero-order chi connectivity index (χ0) is 25.4. The summed E-state index contributed by atoms with van der Waals surface area (Å²) in [6, 6.07) is 13.2. The summed E-state index contributed by atoms with van der Waals surface area (Å²) in [6.45, 7) is 3.25. The van der Waals surface area contributed by atoms with Gasteiger partial charge in [-0.2, -0.15) is 0 Å². The molecule has 1 fully saturated rings. The normalized spacial score (nSPS) is 15.4. The molecule has 1 unspecified atom stereocenters. The number of hydrogen-bond acceptors (Lipinski definition) is 7. The third-order valence-electron chi connectivity index (χ3n) is 6.30. The van der Waals surface area contributed by atoms with Gasteiger partial charge in [0, 0.05) is 42.7 Å². The molecule has 1 aliphatic rings. The van der Waals surface area contributed by atoms with Gasteiger partial charge in [0.25, 0.3) is 0 Å². The van der Waals surface area contributed by atoms with Crippen LogP contribution in [0.5, 0.6) is 5.75 Å². The summed E-state index contributed by atoms with van der Waals surface area (Å²) in [4.78, 5) is 23.4. The van der Waals surface area contributed by atoms with Crippen molar-refractivity contribution in [3.8, 4) is 16.9 Å². The number of phenolic OH excluding ortho intramolecular Hbond substituents is 1. The van der Waals surface area contributed by atoms with Gasteiger partial charge in [-0.3, -0.25) is 9.78 Å². The van der Waals surface area contributed by atoms with E-state index in [1.165, 1.54) is 0 Å². The topological polar surface area (TPSA) is 104 Å². The number of fused-ring (bicyclic) bond motifs is 1. The van der Waals surface area contributed by atoms with E-state index in [9.17, 15) is 9.90 Å². The SMILES string of the molecule is CC(=O)Cc1cnc2ccc(-c3cc(Cl)c(O)c(Cl)c3)cc2c1Nc1ccc(N2CCC(N)C2)nc1. The Bertz CT molecular complexity index is 1440. The number of rotatable bonds is 6. The van der Waals surface area contributed by atoms with Gasteiger partial charge < -0.3 is 21.1 Å². The molecule has 7 nitrogen and oxygen atoms in total. The zero-order valence-electron chi connectivity index (χ0n) is 19.6. The van der Waals surface area contributed by atoms with Crippen LogP contribution in [0.25, 0.3) is 22.0 Å². The molecule has 0 bridgehead atoms. The van der Waals surface area contributed by atoms with Crippen molar-refractivity contribution in [2.75, 3.05) is 23.3 Å². The number of aromatic nitrogens is 2. The molecule has 1 atom stereocenters. The number of nitrogens with one attached hydrogen (secondary N) is 1. The van der Waals surface area contributed by atoms with E-state index in [1.807, 2.05) is 30.3 Å². The third kappa shape index (κ3) is 4.95.